The molecule has 0 aliphatic carbocycles. The minimum atomic E-state index is -0.788. The molecule has 12 heteroatoms. The van der Waals surface area contributed by atoms with Crippen molar-refractivity contribution in [2.75, 3.05) is 20.6 Å². The predicted molar refractivity (Wildman–Crippen MR) is 151 cm³/mol. The maximum Gasteiger partial charge on any atom is 0.222 e. The van der Waals surface area contributed by atoms with E-state index in [4.69, 9.17) is 0 Å². The van der Waals surface area contributed by atoms with Gasteiger partial charge >= 0.3 is 0 Å². The Morgan fingerprint density at radius 3 is 1.20 bits per heavy atom. The third-order valence-corrected chi connectivity index (χ3v) is 6.16. The summed E-state index contributed by atoms with van der Waals surface area (Å²) in [6, 6.07) is -2.29. The monoisotopic (exact) mass is 567 g/mol. The first kappa shape index (κ1) is 37.0. The Hall–Kier alpha value is -2.99. The van der Waals surface area contributed by atoms with Gasteiger partial charge in [0, 0.05) is 69.1 Å². The largest absolute Gasteiger partial charge is 0.353 e. The molecule has 4 atom stereocenters. The first-order chi connectivity index (χ1) is 18.7. The Bertz CT molecular complexity index is 877. The van der Waals surface area contributed by atoms with Crippen LogP contribution < -0.4 is 26.6 Å². The molecule has 4 unspecified atom stereocenters. The highest BCUT2D eigenvalue weighted by molar-refractivity contribution is 5.86. The lowest BCUT2D eigenvalue weighted by molar-refractivity contribution is -0.125. The van der Waals surface area contributed by atoms with Gasteiger partial charge in [0.1, 0.15) is 23.1 Å². The molecule has 0 heterocycles. The normalized spacial score (nSPS) is 13.8. The van der Waals surface area contributed by atoms with Crippen molar-refractivity contribution >= 4 is 40.9 Å². The molecule has 12 nitrogen and oxygen atoms in total. The van der Waals surface area contributed by atoms with Crippen LogP contribution in [0, 0.1) is 0 Å². The first-order valence-corrected chi connectivity index (χ1v) is 13.9. The molecule has 3 amide bonds. The van der Waals surface area contributed by atoms with Crippen LogP contribution in [0.3, 0.4) is 0 Å². The summed E-state index contributed by atoms with van der Waals surface area (Å²) >= 11 is 0. The number of unbranched alkanes of at least 4 members (excludes halogenated alkanes) is 1. The van der Waals surface area contributed by atoms with Crippen LogP contribution in [0.5, 0.6) is 0 Å². The molecular weight excluding hydrogens is 518 g/mol. The van der Waals surface area contributed by atoms with E-state index in [1.807, 2.05) is 7.05 Å². The SMILES string of the molecule is CNCCCCC(CC(C)=O)NC(=O)CC(CC(C)=O)NC(=O)CC(CC(C)=O)NC(=O)CC(CC(C)=O)NC. The fourth-order valence-corrected chi connectivity index (χ4v) is 4.46. The molecule has 0 saturated carbocycles. The Morgan fingerprint density at radius 2 is 0.825 bits per heavy atom. The second-order valence-electron chi connectivity index (χ2n) is 10.6. The highest BCUT2D eigenvalue weighted by Crippen LogP contribution is 2.09. The van der Waals surface area contributed by atoms with Crippen LogP contribution in [0.1, 0.15) is 91.9 Å². The van der Waals surface area contributed by atoms with E-state index < -0.39 is 23.9 Å². The van der Waals surface area contributed by atoms with E-state index in [1.54, 1.807) is 7.05 Å². The molecule has 0 fully saturated rings. The summed E-state index contributed by atoms with van der Waals surface area (Å²) in [5.74, 6) is -1.89. The number of carbonyl (C=O) groups excluding carboxylic acids is 7. The van der Waals surface area contributed by atoms with Gasteiger partial charge in [-0.1, -0.05) is 6.42 Å². The van der Waals surface area contributed by atoms with Gasteiger partial charge < -0.3 is 26.6 Å². The fourth-order valence-electron chi connectivity index (χ4n) is 4.46. The van der Waals surface area contributed by atoms with Gasteiger partial charge in [-0.25, -0.2) is 0 Å². The number of nitrogens with one attached hydrogen (secondary N) is 5. The number of amides is 3. The summed E-state index contributed by atoms with van der Waals surface area (Å²) in [7, 11) is 3.49. The summed E-state index contributed by atoms with van der Waals surface area (Å²) < 4.78 is 0. The van der Waals surface area contributed by atoms with Gasteiger partial charge in [0.25, 0.3) is 0 Å². The number of rotatable bonds is 23. The molecule has 0 aliphatic rings. The lowest BCUT2D eigenvalue weighted by Gasteiger charge is -2.23. The third kappa shape index (κ3) is 20.0. The minimum Gasteiger partial charge on any atom is -0.353 e. The van der Waals surface area contributed by atoms with Crippen LogP contribution in [0.2, 0.25) is 0 Å². The molecule has 0 aliphatic heterocycles. The van der Waals surface area contributed by atoms with Crippen LogP contribution >= 0.6 is 0 Å². The molecule has 0 radical (unpaired) electrons. The molecule has 0 aromatic carbocycles. The summed E-state index contributed by atoms with van der Waals surface area (Å²) in [4.78, 5) is 84.9. The van der Waals surface area contributed by atoms with Crippen molar-refractivity contribution in [1.82, 2.24) is 26.6 Å². The van der Waals surface area contributed by atoms with Crippen LogP contribution in [0.25, 0.3) is 0 Å². The smallest absolute Gasteiger partial charge is 0.222 e. The first-order valence-electron chi connectivity index (χ1n) is 13.9. The number of carbonyl (C=O) groups is 7. The average Bonchev–Trinajstić information content (AvgIpc) is 2.79. The van der Waals surface area contributed by atoms with E-state index in [9.17, 15) is 33.6 Å². The molecule has 0 rings (SSSR count). The highest BCUT2D eigenvalue weighted by Gasteiger charge is 2.24. The maximum absolute atomic E-state index is 12.9. The van der Waals surface area contributed by atoms with Gasteiger partial charge in [-0.3, -0.25) is 33.6 Å². The number of ketones is 4. The van der Waals surface area contributed by atoms with E-state index in [2.05, 4.69) is 26.6 Å². The van der Waals surface area contributed by atoms with Crippen molar-refractivity contribution in [3.05, 3.63) is 0 Å². The Balaban J connectivity index is 5.24. The number of hydrogen-bond donors (Lipinski definition) is 5. The van der Waals surface area contributed by atoms with E-state index in [0.717, 1.165) is 19.4 Å². The second-order valence-corrected chi connectivity index (χ2v) is 10.6. The van der Waals surface area contributed by atoms with Gasteiger partial charge in [-0.15, -0.1) is 0 Å². The van der Waals surface area contributed by atoms with E-state index in [0.29, 0.717) is 6.42 Å². The molecule has 0 saturated heterocycles. The van der Waals surface area contributed by atoms with Gasteiger partial charge in [-0.05, 0) is 61.2 Å². The number of hydrogen-bond acceptors (Lipinski definition) is 9. The molecule has 0 aromatic heterocycles. The fraction of sp³-hybridized carbons (Fsp3) is 0.750. The predicted octanol–water partition coefficient (Wildman–Crippen LogP) is 0.505. The van der Waals surface area contributed by atoms with Crippen LogP contribution in [0.15, 0.2) is 0 Å². The molecule has 228 valence electrons. The van der Waals surface area contributed by atoms with Gasteiger partial charge in [-0.2, -0.15) is 0 Å². The van der Waals surface area contributed by atoms with Crippen molar-refractivity contribution in [3.8, 4) is 0 Å². The molecule has 0 bridgehead atoms. The Morgan fingerprint density at radius 1 is 0.475 bits per heavy atom. The summed E-state index contributed by atoms with van der Waals surface area (Å²) in [6.07, 6.45) is 2.17. The van der Waals surface area contributed by atoms with E-state index >= 15 is 0 Å². The van der Waals surface area contributed by atoms with Crippen molar-refractivity contribution in [2.45, 2.75) is 116 Å². The van der Waals surface area contributed by atoms with Gasteiger partial charge in [0.05, 0.1) is 0 Å². The Kier molecular flexibility index (Phi) is 19.3. The van der Waals surface area contributed by atoms with Crippen molar-refractivity contribution in [3.63, 3.8) is 0 Å². The standard InChI is InChI=1S/C28H49N5O7/c1-18(34)11-22(9-7-8-10-29-5)31-27(39)16-24(13-20(3)36)33-28(40)17-25(14-21(4)37)32-26(38)15-23(30-6)12-19(2)35/h22-25,29-30H,7-17H2,1-6H3,(H,31,39)(H,32,38)(H,33,40). The van der Waals surface area contributed by atoms with Crippen molar-refractivity contribution < 1.29 is 33.6 Å². The molecule has 0 spiro atoms. The van der Waals surface area contributed by atoms with Crippen molar-refractivity contribution in [2.24, 2.45) is 0 Å². The minimum absolute atomic E-state index is 0.00434. The van der Waals surface area contributed by atoms with E-state index in [1.165, 1.54) is 27.7 Å². The quantitative estimate of drug-likeness (QED) is 0.110. The van der Waals surface area contributed by atoms with Crippen LogP contribution in [-0.4, -0.2) is 85.7 Å². The molecule has 40 heavy (non-hydrogen) atoms. The highest BCUT2D eigenvalue weighted by atomic mass is 16.2. The molecule has 5 N–H and O–H groups in total. The zero-order valence-electron chi connectivity index (χ0n) is 24.9. The second kappa shape index (κ2) is 20.8. The summed E-state index contributed by atoms with van der Waals surface area (Å²) in [6.45, 7) is 6.42. The molecule has 0 aromatic rings. The topological polar surface area (TPSA) is 180 Å². The van der Waals surface area contributed by atoms with Crippen molar-refractivity contribution in [1.29, 1.82) is 0 Å². The van der Waals surface area contributed by atoms with Crippen LogP contribution in [-0.2, 0) is 33.6 Å². The number of Topliss-reactive ketones (excluding diaryl/α,β-unsaturated/α-hetero) is 4. The Labute approximate surface area is 237 Å². The van der Waals surface area contributed by atoms with Gasteiger partial charge in [0.2, 0.25) is 17.7 Å². The lowest BCUT2D eigenvalue weighted by atomic mass is 10.0. The van der Waals surface area contributed by atoms with E-state index in [-0.39, 0.29) is 86.1 Å². The zero-order chi connectivity index (χ0) is 30.7. The zero-order valence-corrected chi connectivity index (χ0v) is 24.9. The summed E-state index contributed by atoms with van der Waals surface area (Å²) in [5.41, 5.74) is 0. The lowest BCUT2D eigenvalue weighted by Crippen LogP contribution is -2.46. The van der Waals surface area contributed by atoms with Gasteiger partial charge in [0.15, 0.2) is 0 Å². The molecular formula is C28H49N5O7. The summed E-state index contributed by atoms with van der Waals surface area (Å²) in [5, 5.41) is 14.2. The maximum atomic E-state index is 12.9. The van der Waals surface area contributed by atoms with Crippen LogP contribution in [0.4, 0.5) is 0 Å². The average molecular weight is 568 g/mol. The third-order valence-electron chi connectivity index (χ3n) is 6.16.